The first kappa shape index (κ1) is 13.8. The molecule has 0 aliphatic heterocycles. The number of nitrogens with two attached hydrogens (primary N) is 1. The van der Waals surface area contributed by atoms with Gasteiger partial charge >= 0.3 is 0 Å². The summed E-state index contributed by atoms with van der Waals surface area (Å²) in [6.07, 6.45) is 6.37. The summed E-state index contributed by atoms with van der Waals surface area (Å²) in [6.45, 7) is 0.412. The highest BCUT2D eigenvalue weighted by Gasteiger charge is 2.18. The maximum Gasteiger partial charge on any atom is 0.255 e. The van der Waals surface area contributed by atoms with E-state index in [2.05, 4.69) is 10.1 Å². The number of hydrogen-bond donors (Lipinski definition) is 2. The molecule has 1 aliphatic carbocycles. The molecule has 0 amide bonds. The fraction of sp³-hybridized carbons (Fsp3) is 0.833. The van der Waals surface area contributed by atoms with E-state index in [1.807, 2.05) is 11.8 Å². The van der Waals surface area contributed by atoms with Crippen molar-refractivity contribution in [3.8, 4) is 0 Å². The molecule has 1 aromatic heterocycles. The van der Waals surface area contributed by atoms with Crippen LogP contribution in [0, 0.1) is 0 Å². The van der Waals surface area contributed by atoms with Crippen LogP contribution in [0.5, 0.6) is 0 Å². The lowest BCUT2D eigenvalue weighted by atomic mass is 10.0. The van der Waals surface area contributed by atoms with Gasteiger partial charge in [-0.25, -0.2) is 0 Å². The number of nitrogens with zero attached hydrogens (tertiary/aromatic N) is 2. The first-order chi connectivity index (χ1) is 8.79. The van der Waals surface area contributed by atoms with Gasteiger partial charge in [0, 0.05) is 5.25 Å². The van der Waals surface area contributed by atoms with Gasteiger partial charge in [0.05, 0.1) is 5.75 Å². The molecule has 2 rings (SSSR count). The van der Waals surface area contributed by atoms with Gasteiger partial charge in [-0.2, -0.15) is 16.7 Å². The van der Waals surface area contributed by atoms with Crippen molar-refractivity contribution in [2.24, 2.45) is 5.73 Å². The van der Waals surface area contributed by atoms with Crippen LogP contribution in [-0.4, -0.2) is 27.0 Å². The SMILES string of the molecule is NCCC(O)c1nc(CSC2CCCCC2)no1. The predicted octanol–water partition coefficient (Wildman–Crippen LogP) is 2.02. The lowest BCUT2D eigenvalue weighted by Gasteiger charge is -2.19. The summed E-state index contributed by atoms with van der Waals surface area (Å²) in [7, 11) is 0. The minimum atomic E-state index is -0.726. The van der Waals surface area contributed by atoms with E-state index in [0.717, 1.165) is 11.0 Å². The Morgan fingerprint density at radius 2 is 2.17 bits per heavy atom. The van der Waals surface area contributed by atoms with Crippen LogP contribution in [0.3, 0.4) is 0 Å². The van der Waals surface area contributed by atoms with Crippen molar-refractivity contribution in [2.45, 2.75) is 55.6 Å². The summed E-state index contributed by atoms with van der Waals surface area (Å²) in [5.41, 5.74) is 5.38. The Balaban J connectivity index is 1.79. The van der Waals surface area contributed by atoms with Gasteiger partial charge in [-0.05, 0) is 25.8 Å². The number of aliphatic hydroxyl groups excluding tert-OH is 1. The zero-order valence-electron chi connectivity index (χ0n) is 10.5. The summed E-state index contributed by atoms with van der Waals surface area (Å²) < 4.78 is 5.04. The molecule has 0 bridgehead atoms. The Morgan fingerprint density at radius 3 is 2.89 bits per heavy atom. The van der Waals surface area contributed by atoms with Crippen LogP contribution in [0.1, 0.15) is 56.3 Å². The van der Waals surface area contributed by atoms with Gasteiger partial charge < -0.3 is 15.4 Å². The van der Waals surface area contributed by atoms with E-state index in [9.17, 15) is 5.11 Å². The van der Waals surface area contributed by atoms with Crippen LogP contribution in [0.25, 0.3) is 0 Å². The quantitative estimate of drug-likeness (QED) is 0.823. The Labute approximate surface area is 112 Å². The van der Waals surface area contributed by atoms with Crippen molar-refractivity contribution in [2.75, 3.05) is 6.54 Å². The Hall–Kier alpha value is -0.590. The van der Waals surface area contributed by atoms with Gasteiger partial charge in [0.1, 0.15) is 6.10 Å². The third kappa shape index (κ3) is 3.96. The van der Waals surface area contributed by atoms with Crippen molar-refractivity contribution in [1.82, 2.24) is 10.1 Å². The molecular formula is C12H21N3O2S. The molecule has 1 unspecified atom stereocenters. The van der Waals surface area contributed by atoms with Gasteiger partial charge in [0.25, 0.3) is 5.89 Å². The molecule has 0 radical (unpaired) electrons. The Morgan fingerprint density at radius 1 is 1.39 bits per heavy atom. The van der Waals surface area contributed by atoms with Crippen LogP contribution in [0.2, 0.25) is 0 Å². The topological polar surface area (TPSA) is 85.2 Å². The van der Waals surface area contributed by atoms with Gasteiger partial charge in [-0.1, -0.05) is 24.4 Å². The smallest absolute Gasteiger partial charge is 0.255 e. The van der Waals surface area contributed by atoms with Crippen LogP contribution in [0.4, 0.5) is 0 Å². The molecule has 0 saturated heterocycles. The van der Waals surface area contributed by atoms with Crippen LogP contribution >= 0.6 is 11.8 Å². The molecule has 0 aromatic carbocycles. The summed E-state index contributed by atoms with van der Waals surface area (Å²) in [4.78, 5) is 4.21. The third-order valence-electron chi connectivity index (χ3n) is 3.21. The first-order valence-corrected chi connectivity index (χ1v) is 7.66. The zero-order valence-corrected chi connectivity index (χ0v) is 11.4. The van der Waals surface area contributed by atoms with E-state index < -0.39 is 6.10 Å². The van der Waals surface area contributed by atoms with Gasteiger partial charge in [0.2, 0.25) is 0 Å². The number of aromatic nitrogens is 2. The zero-order chi connectivity index (χ0) is 12.8. The van der Waals surface area contributed by atoms with Crippen LogP contribution < -0.4 is 5.73 Å². The second-order valence-corrected chi connectivity index (χ2v) is 6.00. The highest BCUT2D eigenvalue weighted by atomic mass is 32.2. The highest BCUT2D eigenvalue weighted by Crippen LogP contribution is 2.30. The van der Waals surface area contributed by atoms with E-state index in [-0.39, 0.29) is 0 Å². The summed E-state index contributed by atoms with van der Waals surface area (Å²) in [5.74, 6) is 1.74. The Bertz CT molecular complexity index is 353. The maximum absolute atomic E-state index is 9.67. The van der Waals surface area contributed by atoms with Crippen molar-refractivity contribution < 1.29 is 9.63 Å². The van der Waals surface area contributed by atoms with Gasteiger partial charge in [0.15, 0.2) is 5.82 Å². The third-order valence-corrected chi connectivity index (χ3v) is 4.58. The number of rotatable bonds is 6. The van der Waals surface area contributed by atoms with Gasteiger partial charge in [-0.15, -0.1) is 0 Å². The maximum atomic E-state index is 9.67. The van der Waals surface area contributed by atoms with Crippen LogP contribution in [-0.2, 0) is 5.75 Å². The predicted molar refractivity (Wildman–Crippen MR) is 71.1 cm³/mol. The summed E-state index contributed by atoms with van der Waals surface area (Å²) >= 11 is 1.90. The van der Waals surface area contributed by atoms with Gasteiger partial charge in [-0.3, -0.25) is 0 Å². The molecule has 18 heavy (non-hydrogen) atoms. The monoisotopic (exact) mass is 271 g/mol. The highest BCUT2D eigenvalue weighted by molar-refractivity contribution is 7.99. The minimum absolute atomic E-state index is 0.291. The molecule has 5 nitrogen and oxygen atoms in total. The van der Waals surface area contributed by atoms with Crippen molar-refractivity contribution in [3.63, 3.8) is 0 Å². The molecule has 1 aliphatic rings. The molecular weight excluding hydrogens is 250 g/mol. The summed E-state index contributed by atoms with van der Waals surface area (Å²) in [6, 6.07) is 0. The number of thioether (sulfide) groups is 1. The second-order valence-electron chi connectivity index (χ2n) is 4.71. The fourth-order valence-corrected chi connectivity index (χ4v) is 3.34. The van der Waals surface area contributed by atoms with E-state index in [1.54, 1.807) is 0 Å². The normalized spacial score (nSPS) is 19.0. The average Bonchev–Trinajstić information content (AvgIpc) is 2.87. The van der Waals surface area contributed by atoms with E-state index in [1.165, 1.54) is 32.1 Å². The van der Waals surface area contributed by atoms with Crippen molar-refractivity contribution in [3.05, 3.63) is 11.7 Å². The molecule has 1 heterocycles. The molecule has 0 spiro atoms. The van der Waals surface area contributed by atoms with E-state index in [4.69, 9.17) is 10.3 Å². The lowest BCUT2D eigenvalue weighted by molar-refractivity contribution is 0.127. The first-order valence-electron chi connectivity index (χ1n) is 6.62. The van der Waals surface area contributed by atoms with Crippen molar-refractivity contribution >= 4 is 11.8 Å². The molecule has 102 valence electrons. The summed E-state index contributed by atoms with van der Waals surface area (Å²) in [5, 5.41) is 14.3. The van der Waals surface area contributed by atoms with Crippen LogP contribution in [0.15, 0.2) is 4.52 Å². The molecule has 6 heteroatoms. The minimum Gasteiger partial charge on any atom is -0.383 e. The van der Waals surface area contributed by atoms with E-state index >= 15 is 0 Å². The molecule has 1 aromatic rings. The Kier molecular flexibility index (Phi) is 5.46. The average molecular weight is 271 g/mol. The second kappa shape index (κ2) is 7.11. The van der Waals surface area contributed by atoms with Crippen molar-refractivity contribution in [1.29, 1.82) is 0 Å². The largest absolute Gasteiger partial charge is 0.383 e. The molecule has 1 saturated carbocycles. The molecule has 1 fully saturated rings. The molecule has 3 N–H and O–H groups in total. The number of aliphatic hydroxyl groups is 1. The lowest BCUT2D eigenvalue weighted by Crippen LogP contribution is -2.08. The van der Waals surface area contributed by atoms with E-state index in [0.29, 0.717) is 24.7 Å². The number of hydrogen-bond acceptors (Lipinski definition) is 6. The fourth-order valence-electron chi connectivity index (χ4n) is 2.17. The molecule has 1 atom stereocenters. The standard InChI is InChI=1S/C12H21N3O2S/c13-7-6-10(16)12-14-11(15-17-12)8-18-9-4-2-1-3-5-9/h9-10,16H,1-8,13H2.